The first kappa shape index (κ1) is 12.2. The van der Waals surface area contributed by atoms with Gasteiger partial charge in [-0.25, -0.2) is 0 Å². The molecule has 0 aliphatic carbocycles. The fourth-order valence-electron chi connectivity index (χ4n) is 1.70. The van der Waals surface area contributed by atoms with Crippen LogP contribution in [-0.4, -0.2) is 0 Å². The van der Waals surface area contributed by atoms with E-state index in [1.807, 2.05) is 19.1 Å². The van der Waals surface area contributed by atoms with E-state index < -0.39 is 0 Å². The number of rotatable bonds is 3. The molecule has 1 aromatic carbocycles. The standard InChI is InChI=1S/C14H12ClNS/c1-2-5-11(9-16)14(15)13-8-10-6-3-4-7-12(10)17-13/h3-4,6-8H,2,5H2,1H3. The molecule has 0 saturated carbocycles. The summed E-state index contributed by atoms with van der Waals surface area (Å²) >= 11 is 7.92. The van der Waals surface area contributed by atoms with Gasteiger partial charge in [0.25, 0.3) is 0 Å². The van der Waals surface area contributed by atoms with E-state index in [-0.39, 0.29) is 0 Å². The van der Waals surface area contributed by atoms with Gasteiger partial charge in [0.2, 0.25) is 0 Å². The monoisotopic (exact) mass is 261 g/mol. The topological polar surface area (TPSA) is 23.8 Å². The summed E-state index contributed by atoms with van der Waals surface area (Å²) in [5.41, 5.74) is 0.681. The van der Waals surface area contributed by atoms with E-state index >= 15 is 0 Å². The normalized spacial score (nSPS) is 12.3. The molecule has 0 aliphatic rings. The number of fused-ring (bicyclic) bond motifs is 1. The highest BCUT2D eigenvalue weighted by atomic mass is 35.5. The molecule has 86 valence electrons. The average molecular weight is 262 g/mol. The summed E-state index contributed by atoms with van der Waals surface area (Å²) in [5.74, 6) is 0. The Hall–Kier alpha value is -1.30. The zero-order valence-electron chi connectivity index (χ0n) is 9.53. The summed E-state index contributed by atoms with van der Waals surface area (Å²) < 4.78 is 1.20. The van der Waals surface area contributed by atoms with E-state index in [9.17, 15) is 0 Å². The van der Waals surface area contributed by atoms with Crippen molar-refractivity contribution in [3.05, 3.63) is 40.8 Å². The second-order valence-corrected chi connectivity index (χ2v) is 5.26. The van der Waals surface area contributed by atoms with E-state index in [2.05, 4.69) is 24.3 Å². The summed E-state index contributed by atoms with van der Waals surface area (Å²) in [6.45, 7) is 2.05. The quantitative estimate of drug-likeness (QED) is 0.699. The fraction of sp³-hybridized carbons (Fsp3) is 0.214. The third-order valence-corrected chi connectivity index (χ3v) is 4.22. The number of hydrogen-bond donors (Lipinski definition) is 0. The van der Waals surface area contributed by atoms with Crippen LogP contribution < -0.4 is 0 Å². The number of hydrogen-bond acceptors (Lipinski definition) is 2. The van der Waals surface area contributed by atoms with Crippen molar-refractivity contribution < 1.29 is 0 Å². The van der Waals surface area contributed by atoms with Crippen LogP contribution >= 0.6 is 22.9 Å². The van der Waals surface area contributed by atoms with Crippen molar-refractivity contribution in [2.45, 2.75) is 19.8 Å². The largest absolute Gasteiger partial charge is 0.193 e. The van der Waals surface area contributed by atoms with Crippen LogP contribution in [0.2, 0.25) is 0 Å². The van der Waals surface area contributed by atoms with Crippen LogP contribution in [0.25, 0.3) is 15.1 Å². The first-order valence-corrected chi connectivity index (χ1v) is 6.73. The lowest BCUT2D eigenvalue weighted by atomic mass is 10.1. The second-order valence-electron chi connectivity index (χ2n) is 3.80. The van der Waals surface area contributed by atoms with Crippen molar-refractivity contribution in [2.24, 2.45) is 0 Å². The molecule has 1 heterocycles. The highest BCUT2D eigenvalue weighted by Gasteiger charge is 2.09. The Morgan fingerprint density at radius 3 is 2.82 bits per heavy atom. The van der Waals surface area contributed by atoms with Crippen LogP contribution in [0.1, 0.15) is 24.6 Å². The van der Waals surface area contributed by atoms with Crippen LogP contribution in [0.5, 0.6) is 0 Å². The molecule has 0 N–H and O–H groups in total. The minimum Gasteiger partial charge on any atom is -0.193 e. The Bertz CT molecular complexity index is 571. The molecule has 0 radical (unpaired) electrons. The van der Waals surface area contributed by atoms with Gasteiger partial charge in [0, 0.05) is 15.2 Å². The number of nitriles is 1. The summed E-state index contributed by atoms with van der Waals surface area (Å²) in [6.07, 6.45) is 1.67. The van der Waals surface area contributed by atoms with Gasteiger partial charge in [-0.15, -0.1) is 11.3 Å². The SMILES string of the molecule is CCCC(C#N)=C(Cl)c1cc2ccccc2s1. The molecule has 0 unspecified atom stereocenters. The molecule has 0 spiro atoms. The first-order valence-electron chi connectivity index (χ1n) is 5.54. The number of nitrogens with zero attached hydrogens (tertiary/aromatic N) is 1. The molecular weight excluding hydrogens is 250 g/mol. The summed E-state index contributed by atoms with van der Waals surface area (Å²) in [6, 6.07) is 12.4. The smallest absolute Gasteiger partial charge is 0.0963 e. The molecule has 1 aromatic heterocycles. The van der Waals surface area contributed by atoms with Crippen molar-refractivity contribution in [2.75, 3.05) is 0 Å². The molecule has 3 heteroatoms. The van der Waals surface area contributed by atoms with E-state index in [0.717, 1.165) is 17.7 Å². The van der Waals surface area contributed by atoms with Crippen molar-refractivity contribution >= 4 is 38.1 Å². The molecule has 0 fully saturated rings. The summed E-state index contributed by atoms with van der Waals surface area (Å²) in [5, 5.41) is 10.9. The summed E-state index contributed by atoms with van der Waals surface area (Å²) in [7, 11) is 0. The molecule has 1 nitrogen and oxygen atoms in total. The molecule has 0 bridgehead atoms. The molecule has 17 heavy (non-hydrogen) atoms. The molecule has 0 saturated heterocycles. The van der Waals surface area contributed by atoms with Crippen molar-refractivity contribution in [1.82, 2.24) is 0 Å². The maximum Gasteiger partial charge on any atom is 0.0963 e. The average Bonchev–Trinajstić information content (AvgIpc) is 2.78. The third-order valence-electron chi connectivity index (χ3n) is 2.54. The number of halogens is 1. The van der Waals surface area contributed by atoms with Gasteiger partial charge in [0.05, 0.1) is 11.1 Å². The Kier molecular flexibility index (Phi) is 3.83. The van der Waals surface area contributed by atoms with Gasteiger partial charge in [-0.2, -0.15) is 5.26 Å². The van der Waals surface area contributed by atoms with E-state index in [0.29, 0.717) is 10.6 Å². The highest BCUT2D eigenvalue weighted by Crippen LogP contribution is 2.34. The van der Waals surface area contributed by atoms with Gasteiger partial charge in [-0.3, -0.25) is 0 Å². The zero-order chi connectivity index (χ0) is 12.3. The van der Waals surface area contributed by atoms with Gasteiger partial charge in [0.15, 0.2) is 0 Å². The van der Waals surface area contributed by atoms with Gasteiger partial charge in [-0.05, 0) is 23.9 Å². The minimum atomic E-state index is 0.607. The number of thiophene rings is 1. The first-order chi connectivity index (χ1) is 8.26. The lowest BCUT2D eigenvalue weighted by Crippen LogP contribution is -1.81. The molecular formula is C14H12ClNS. The maximum absolute atomic E-state index is 9.08. The van der Waals surface area contributed by atoms with Crippen LogP contribution in [0, 0.1) is 11.3 Å². The lowest BCUT2D eigenvalue weighted by molar-refractivity contribution is 0.933. The van der Waals surface area contributed by atoms with Crippen molar-refractivity contribution in [1.29, 1.82) is 5.26 Å². The lowest BCUT2D eigenvalue weighted by Gasteiger charge is -1.98. The highest BCUT2D eigenvalue weighted by molar-refractivity contribution is 7.20. The molecule has 0 amide bonds. The second kappa shape index (κ2) is 5.35. The third kappa shape index (κ3) is 2.52. The van der Waals surface area contributed by atoms with Crippen LogP contribution in [0.15, 0.2) is 35.9 Å². The van der Waals surface area contributed by atoms with Crippen molar-refractivity contribution in [3.63, 3.8) is 0 Å². The Morgan fingerprint density at radius 2 is 2.18 bits per heavy atom. The molecule has 0 atom stereocenters. The van der Waals surface area contributed by atoms with Gasteiger partial charge in [-0.1, -0.05) is 43.1 Å². The predicted molar refractivity (Wildman–Crippen MR) is 75.1 cm³/mol. The van der Waals surface area contributed by atoms with E-state index in [4.69, 9.17) is 16.9 Å². The molecule has 2 rings (SSSR count). The predicted octanol–water partition coefficient (Wildman–Crippen LogP) is 5.17. The van der Waals surface area contributed by atoms with E-state index in [1.54, 1.807) is 11.3 Å². The van der Waals surface area contributed by atoms with Crippen molar-refractivity contribution in [3.8, 4) is 6.07 Å². The summed E-state index contributed by atoms with van der Waals surface area (Å²) in [4.78, 5) is 0.984. The van der Waals surface area contributed by atoms with Crippen LogP contribution in [-0.2, 0) is 0 Å². The Labute approximate surface area is 110 Å². The van der Waals surface area contributed by atoms with Gasteiger partial charge in [0.1, 0.15) is 0 Å². The van der Waals surface area contributed by atoms with Crippen LogP contribution in [0.3, 0.4) is 0 Å². The number of allylic oxidation sites excluding steroid dienone is 1. The van der Waals surface area contributed by atoms with Gasteiger partial charge >= 0.3 is 0 Å². The zero-order valence-corrected chi connectivity index (χ0v) is 11.1. The number of benzene rings is 1. The van der Waals surface area contributed by atoms with Gasteiger partial charge < -0.3 is 0 Å². The minimum absolute atomic E-state index is 0.607. The van der Waals surface area contributed by atoms with Crippen LogP contribution in [0.4, 0.5) is 0 Å². The Balaban J connectivity index is 2.49. The molecule has 2 aromatic rings. The maximum atomic E-state index is 9.08. The Morgan fingerprint density at radius 1 is 1.41 bits per heavy atom. The van der Waals surface area contributed by atoms with E-state index in [1.165, 1.54) is 10.1 Å². The fourth-order valence-corrected chi connectivity index (χ4v) is 3.04. The molecule has 0 aliphatic heterocycles.